The van der Waals surface area contributed by atoms with Crippen LogP contribution in [0.4, 0.5) is 5.82 Å². The van der Waals surface area contributed by atoms with Gasteiger partial charge in [-0.05, 0) is 31.2 Å². The number of nitrogens with zero attached hydrogens (tertiary/aromatic N) is 1. The van der Waals surface area contributed by atoms with E-state index in [-0.39, 0.29) is 4.90 Å². The Bertz CT molecular complexity index is 619. The molecule has 0 radical (unpaired) electrons. The third-order valence-corrected chi connectivity index (χ3v) is 3.81. The van der Waals surface area contributed by atoms with Gasteiger partial charge in [0, 0.05) is 10.6 Å². The molecule has 0 unspecified atom stereocenters. The van der Waals surface area contributed by atoms with E-state index in [1.807, 2.05) is 0 Å². The Kier molecular flexibility index (Phi) is 3.08. The van der Waals surface area contributed by atoms with Gasteiger partial charge < -0.3 is 0 Å². The molecule has 0 fully saturated rings. The summed E-state index contributed by atoms with van der Waals surface area (Å²) in [6, 6.07) is 5.93. The van der Waals surface area contributed by atoms with Crippen molar-refractivity contribution in [1.82, 2.24) is 10.2 Å². The van der Waals surface area contributed by atoms with E-state index < -0.39 is 10.0 Å². The number of halogens is 1. The number of rotatable bonds is 3. The Balaban J connectivity index is 2.31. The first-order chi connectivity index (χ1) is 7.99. The van der Waals surface area contributed by atoms with Crippen molar-refractivity contribution < 1.29 is 8.42 Å². The monoisotopic (exact) mass is 271 g/mol. The summed E-state index contributed by atoms with van der Waals surface area (Å²) < 4.78 is 26.3. The van der Waals surface area contributed by atoms with E-state index in [9.17, 15) is 8.42 Å². The fourth-order valence-corrected chi connectivity index (χ4v) is 2.47. The second-order valence-electron chi connectivity index (χ2n) is 3.49. The lowest BCUT2D eigenvalue weighted by Crippen LogP contribution is -2.13. The smallest absolute Gasteiger partial charge is 0.263 e. The first-order valence-electron chi connectivity index (χ1n) is 4.77. The molecule has 90 valence electrons. The van der Waals surface area contributed by atoms with Crippen molar-refractivity contribution in [3.63, 3.8) is 0 Å². The number of benzene rings is 1. The summed E-state index contributed by atoms with van der Waals surface area (Å²) in [5, 5.41) is 6.80. The number of hydrogen-bond acceptors (Lipinski definition) is 3. The van der Waals surface area contributed by atoms with Crippen LogP contribution in [0.25, 0.3) is 0 Å². The minimum absolute atomic E-state index is 0.149. The van der Waals surface area contributed by atoms with E-state index >= 15 is 0 Å². The first-order valence-corrected chi connectivity index (χ1v) is 6.63. The molecule has 0 atom stereocenters. The number of aromatic amines is 1. The Labute approximate surface area is 104 Å². The molecule has 0 aliphatic heterocycles. The van der Waals surface area contributed by atoms with Gasteiger partial charge >= 0.3 is 0 Å². The van der Waals surface area contributed by atoms with Crippen LogP contribution in [0.1, 0.15) is 5.56 Å². The number of sulfonamides is 1. The molecule has 0 aliphatic rings. The molecule has 2 N–H and O–H groups in total. The van der Waals surface area contributed by atoms with Gasteiger partial charge in [-0.15, -0.1) is 0 Å². The molecule has 5 nitrogen and oxygen atoms in total. The van der Waals surface area contributed by atoms with Gasteiger partial charge in [-0.25, -0.2) is 8.42 Å². The van der Waals surface area contributed by atoms with Crippen molar-refractivity contribution in [1.29, 1.82) is 0 Å². The Morgan fingerprint density at radius 3 is 2.47 bits per heavy atom. The highest BCUT2D eigenvalue weighted by atomic mass is 35.5. The molecule has 0 spiro atoms. The van der Waals surface area contributed by atoms with Gasteiger partial charge in [0.15, 0.2) is 0 Å². The van der Waals surface area contributed by atoms with Crippen LogP contribution >= 0.6 is 11.6 Å². The van der Waals surface area contributed by atoms with Crippen LogP contribution in [0.5, 0.6) is 0 Å². The van der Waals surface area contributed by atoms with Gasteiger partial charge in [0.1, 0.15) is 5.82 Å². The normalized spacial score (nSPS) is 11.4. The van der Waals surface area contributed by atoms with Crippen LogP contribution in [0, 0.1) is 6.92 Å². The average molecular weight is 272 g/mol. The van der Waals surface area contributed by atoms with Gasteiger partial charge in [-0.3, -0.25) is 9.82 Å². The quantitative estimate of drug-likeness (QED) is 0.898. The molecule has 1 heterocycles. The minimum Gasteiger partial charge on any atom is -0.264 e. The summed E-state index contributed by atoms with van der Waals surface area (Å²) >= 11 is 5.70. The number of H-pyrrole nitrogens is 1. The number of aryl methyl sites for hydroxylation is 1. The predicted octanol–water partition coefficient (Wildman–Crippen LogP) is 2.17. The van der Waals surface area contributed by atoms with Gasteiger partial charge in [0.05, 0.1) is 11.1 Å². The molecule has 1 aromatic heterocycles. The Morgan fingerprint density at radius 2 is 1.94 bits per heavy atom. The van der Waals surface area contributed by atoms with Crippen LogP contribution in [0.2, 0.25) is 5.02 Å². The minimum atomic E-state index is -3.60. The standard InChI is InChI=1S/C10H10ClN3O2S/c1-7-6-12-13-10(7)14-17(15,16)9-4-2-8(11)3-5-9/h2-6H,1H3,(H2,12,13,14). The van der Waals surface area contributed by atoms with Crippen molar-refractivity contribution in [3.8, 4) is 0 Å². The highest BCUT2D eigenvalue weighted by molar-refractivity contribution is 7.92. The molecule has 2 aromatic rings. The largest absolute Gasteiger partial charge is 0.264 e. The first kappa shape index (κ1) is 11.9. The van der Waals surface area contributed by atoms with E-state index in [1.165, 1.54) is 24.3 Å². The number of nitrogens with one attached hydrogen (secondary N) is 2. The molecular weight excluding hydrogens is 262 g/mol. The summed E-state index contributed by atoms with van der Waals surface area (Å²) in [5.41, 5.74) is 0.725. The van der Waals surface area contributed by atoms with Crippen molar-refractivity contribution >= 4 is 27.4 Å². The van der Waals surface area contributed by atoms with Crippen LogP contribution in [-0.2, 0) is 10.0 Å². The van der Waals surface area contributed by atoms with Crippen LogP contribution < -0.4 is 4.72 Å². The van der Waals surface area contributed by atoms with Gasteiger partial charge in [-0.1, -0.05) is 11.6 Å². The Hall–Kier alpha value is -1.53. The zero-order valence-corrected chi connectivity index (χ0v) is 10.5. The molecule has 0 bridgehead atoms. The van der Waals surface area contributed by atoms with Crippen molar-refractivity contribution in [2.24, 2.45) is 0 Å². The van der Waals surface area contributed by atoms with Crippen molar-refractivity contribution in [3.05, 3.63) is 41.0 Å². The summed E-state index contributed by atoms with van der Waals surface area (Å²) in [6.07, 6.45) is 1.54. The number of aromatic nitrogens is 2. The Morgan fingerprint density at radius 1 is 1.29 bits per heavy atom. The number of anilines is 1. The lowest BCUT2D eigenvalue weighted by atomic mass is 10.4. The predicted molar refractivity (Wildman–Crippen MR) is 65.6 cm³/mol. The molecule has 0 saturated heterocycles. The number of hydrogen-bond donors (Lipinski definition) is 2. The fraction of sp³-hybridized carbons (Fsp3) is 0.100. The lowest BCUT2D eigenvalue weighted by molar-refractivity contribution is 0.601. The van der Waals surface area contributed by atoms with E-state index in [0.29, 0.717) is 10.8 Å². The zero-order chi connectivity index (χ0) is 12.5. The molecular formula is C10H10ClN3O2S. The molecule has 2 rings (SSSR count). The SMILES string of the molecule is Cc1cn[nH]c1NS(=O)(=O)c1ccc(Cl)cc1. The van der Waals surface area contributed by atoms with Crippen molar-refractivity contribution in [2.45, 2.75) is 11.8 Å². The highest BCUT2D eigenvalue weighted by Gasteiger charge is 2.15. The van der Waals surface area contributed by atoms with E-state index in [1.54, 1.807) is 13.1 Å². The third-order valence-electron chi connectivity index (χ3n) is 2.19. The molecule has 7 heteroatoms. The summed E-state index contributed by atoms with van der Waals surface area (Å²) in [7, 11) is -3.60. The third kappa shape index (κ3) is 2.59. The van der Waals surface area contributed by atoms with Crippen molar-refractivity contribution in [2.75, 3.05) is 4.72 Å². The fourth-order valence-electron chi connectivity index (χ4n) is 1.26. The second-order valence-corrected chi connectivity index (χ2v) is 5.61. The van der Waals surface area contributed by atoms with Crippen LogP contribution in [-0.4, -0.2) is 18.6 Å². The lowest BCUT2D eigenvalue weighted by Gasteiger charge is -2.06. The van der Waals surface area contributed by atoms with E-state index in [2.05, 4.69) is 14.9 Å². The maximum atomic E-state index is 12.0. The highest BCUT2D eigenvalue weighted by Crippen LogP contribution is 2.18. The topological polar surface area (TPSA) is 74.8 Å². The van der Waals surface area contributed by atoms with Gasteiger partial charge in [-0.2, -0.15) is 5.10 Å². The molecule has 0 aliphatic carbocycles. The summed E-state index contributed by atoms with van der Waals surface area (Å²) in [5.74, 6) is 0.361. The van der Waals surface area contributed by atoms with Crippen LogP contribution in [0.15, 0.2) is 35.4 Å². The van der Waals surface area contributed by atoms with E-state index in [0.717, 1.165) is 5.56 Å². The maximum absolute atomic E-state index is 12.0. The van der Waals surface area contributed by atoms with E-state index in [4.69, 9.17) is 11.6 Å². The van der Waals surface area contributed by atoms with Crippen LogP contribution in [0.3, 0.4) is 0 Å². The zero-order valence-electron chi connectivity index (χ0n) is 8.94. The molecule has 0 saturated carbocycles. The summed E-state index contributed by atoms with van der Waals surface area (Å²) in [4.78, 5) is 0.149. The average Bonchev–Trinajstić information content (AvgIpc) is 2.64. The molecule has 0 amide bonds. The van der Waals surface area contributed by atoms with Gasteiger partial charge in [0.25, 0.3) is 10.0 Å². The molecule has 1 aromatic carbocycles. The molecule has 17 heavy (non-hydrogen) atoms. The summed E-state index contributed by atoms with van der Waals surface area (Å²) in [6.45, 7) is 1.75. The van der Waals surface area contributed by atoms with Gasteiger partial charge in [0.2, 0.25) is 0 Å². The maximum Gasteiger partial charge on any atom is 0.263 e. The second kappa shape index (κ2) is 4.38.